The highest BCUT2D eigenvalue weighted by atomic mass is 19.4. The number of aryl methyl sites for hydroxylation is 2. The van der Waals surface area contributed by atoms with Crippen LogP contribution in [0.1, 0.15) is 16.8 Å². The molecule has 2 aromatic rings. The lowest BCUT2D eigenvalue weighted by atomic mass is 10.2. The summed E-state index contributed by atoms with van der Waals surface area (Å²) in [4.78, 5) is 0. The first-order chi connectivity index (χ1) is 7.88. The van der Waals surface area contributed by atoms with Gasteiger partial charge in [-0.1, -0.05) is 0 Å². The fraction of sp³-hybridized carbons (Fsp3) is 0.231. The zero-order valence-corrected chi connectivity index (χ0v) is 9.47. The molecule has 0 aliphatic heterocycles. The van der Waals surface area contributed by atoms with Crippen LogP contribution in [0.25, 0.3) is 5.69 Å². The molecular formula is C13H11F3N. The molecule has 1 heterocycles. The van der Waals surface area contributed by atoms with Crippen molar-refractivity contribution in [1.82, 2.24) is 4.57 Å². The molecule has 0 fully saturated rings. The third-order valence-electron chi connectivity index (χ3n) is 2.52. The molecule has 0 unspecified atom stereocenters. The smallest absolute Gasteiger partial charge is 0.312 e. The Morgan fingerprint density at radius 2 is 1.65 bits per heavy atom. The monoisotopic (exact) mass is 238 g/mol. The predicted molar refractivity (Wildman–Crippen MR) is 59.1 cm³/mol. The minimum absolute atomic E-state index is 0.636. The Bertz CT molecular complexity index is 521. The van der Waals surface area contributed by atoms with Crippen molar-refractivity contribution >= 4 is 0 Å². The number of aromatic nitrogens is 1. The van der Waals surface area contributed by atoms with E-state index in [1.54, 1.807) is 4.57 Å². The van der Waals surface area contributed by atoms with E-state index in [0.29, 0.717) is 5.69 Å². The largest absolute Gasteiger partial charge is 0.416 e. The van der Waals surface area contributed by atoms with E-state index in [4.69, 9.17) is 0 Å². The van der Waals surface area contributed by atoms with Crippen LogP contribution in [0.4, 0.5) is 13.2 Å². The Hall–Kier alpha value is -1.71. The summed E-state index contributed by atoms with van der Waals surface area (Å²) in [6.45, 7) is 3.79. The predicted octanol–water partition coefficient (Wildman–Crippen LogP) is 3.91. The molecule has 2 rings (SSSR count). The summed E-state index contributed by atoms with van der Waals surface area (Å²) < 4.78 is 38.9. The molecule has 0 N–H and O–H groups in total. The summed E-state index contributed by atoms with van der Waals surface area (Å²) in [5.74, 6) is 0. The average Bonchev–Trinajstić information content (AvgIpc) is 2.57. The first-order valence-electron chi connectivity index (χ1n) is 5.14. The zero-order valence-electron chi connectivity index (χ0n) is 9.47. The van der Waals surface area contributed by atoms with Crippen LogP contribution in [0.2, 0.25) is 0 Å². The second kappa shape index (κ2) is 3.95. The maximum atomic E-state index is 12.4. The summed E-state index contributed by atoms with van der Waals surface area (Å²) in [6, 6.07) is 6.99. The fourth-order valence-corrected chi connectivity index (χ4v) is 1.74. The lowest BCUT2D eigenvalue weighted by molar-refractivity contribution is -0.137. The van der Waals surface area contributed by atoms with Crippen LogP contribution < -0.4 is 0 Å². The molecule has 89 valence electrons. The van der Waals surface area contributed by atoms with Crippen molar-refractivity contribution in [3.63, 3.8) is 0 Å². The molecule has 17 heavy (non-hydrogen) atoms. The van der Waals surface area contributed by atoms with Crippen molar-refractivity contribution in [1.29, 1.82) is 0 Å². The van der Waals surface area contributed by atoms with Gasteiger partial charge in [0.15, 0.2) is 0 Å². The molecule has 0 aliphatic carbocycles. The number of alkyl halides is 3. The molecule has 0 atom stereocenters. The van der Waals surface area contributed by atoms with E-state index in [2.05, 4.69) is 6.20 Å². The van der Waals surface area contributed by atoms with Gasteiger partial charge in [-0.2, -0.15) is 13.2 Å². The maximum absolute atomic E-state index is 12.4. The highest BCUT2D eigenvalue weighted by Crippen LogP contribution is 2.29. The standard InChI is InChI=1S/C13H11F3N/c1-9-7-10(2)17(8-9)12-5-3-11(4-6-12)13(14,15)16/h3-7H,1-2H3. The molecule has 0 saturated heterocycles. The molecule has 1 nitrogen and oxygen atoms in total. The Kier molecular flexibility index (Phi) is 2.73. The van der Waals surface area contributed by atoms with Gasteiger partial charge in [-0.05, 0) is 49.7 Å². The minimum atomic E-state index is -4.29. The lowest BCUT2D eigenvalue weighted by Gasteiger charge is -2.09. The molecule has 1 aromatic carbocycles. The van der Waals surface area contributed by atoms with E-state index in [9.17, 15) is 13.2 Å². The van der Waals surface area contributed by atoms with E-state index in [-0.39, 0.29) is 0 Å². The van der Waals surface area contributed by atoms with Gasteiger partial charge in [0, 0.05) is 11.4 Å². The third kappa shape index (κ3) is 2.35. The summed E-state index contributed by atoms with van der Waals surface area (Å²) >= 11 is 0. The second-order valence-corrected chi connectivity index (χ2v) is 3.96. The highest BCUT2D eigenvalue weighted by Gasteiger charge is 2.29. The third-order valence-corrected chi connectivity index (χ3v) is 2.52. The summed E-state index contributed by atoms with van der Waals surface area (Å²) in [7, 11) is 0. The summed E-state index contributed by atoms with van der Waals surface area (Å²) in [5, 5.41) is 0. The normalized spacial score (nSPS) is 11.8. The number of nitrogens with zero attached hydrogens (tertiary/aromatic N) is 1. The molecule has 0 spiro atoms. The molecule has 1 radical (unpaired) electrons. The lowest BCUT2D eigenvalue weighted by Crippen LogP contribution is -2.05. The van der Waals surface area contributed by atoms with Crippen LogP contribution in [0.5, 0.6) is 0 Å². The van der Waals surface area contributed by atoms with Gasteiger partial charge in [0.25, 0.3) is 0 Å². The Morgan fingerprint density at radius 3 is 2.06 bits per heavy atom. The van der Waals surface area contributed by atoms with Crippen LogP contribution in [0, 0.1) is 20.0 Å². The topological polar surface area (TPSA) is 4.93 Å². The van der Waals surface area contributed by atoms with Gasteiger partial charge >= 0.3 is 6.18 Å². The minimum Gasteiger partial charge on any atom is -0.312 e. The van der Waals surface area contributed by atoms with Crippen molar-refractivity contribution in [3.05, 3.63) is 53.3 Å². The number of hydrogen-bond donors (Lipinski definition) is 0. The van der Waals surface area contributed by atoms with Crippen molar-refractivity contribution in [2.45, 2.75) is 20.0 Å². The van der Waals surface area contributed by atoms with E-state index in [1.165, 1.54) is 12.1 Å². The highest BCUT2D eigenvalue weighted by molar-refractivity contribution is 5.38. The first kappa shape index (κ1) is 11.8. The van der Waals surface area contributed by atoms with Gasteiger partial charge in [-0.25, -0.2) is 0 Å². The van der Waals surface area contributed by atoms with Crippen LogP contribution in [0.3, 0.4) is 0 Å². The van der Waals surface area contributed by atoms with E-state index < -0.39 is 11.7 Å². The van der Waals surface area contributed by atoms with Gasteiger partial charge < -0.3 is 4.57 Å². The summed E-state index contributed by atoms with van der Waals surface area (Å²) in [5.41, 5.74) is 1.95. The van der Waals surface area contributed by atoms with Gasteiger partial charge in [0.1, 0.15) is 0 Å². The number of benzene rings is 1. The first-order valence-corrected chi connectivity index (χ1v) is 5.14. The molecular weight excluding hydrogens is 227 g/mol. The Labute approximate surface area is 97.5 Å². The molecule has 0 saturated carbocycles. The molecule has 0 amide bonds. The van der Waals surface area contributed by atoms with Crippen molar-refractivity contribution in [3.8, 4) is 5.69 Å². The Morgan fingerprint density at radius 1 is 1.06 bits per heavy atom. The number of hydrogen-bond acceptors (Lipinski definition) is 0. The SMILES string of the molecule is Cc1[c]n(-c2ccc(C(F)(F)F)cc2)c(C)c1. The Balaban J connectivity index is 2.39. The van der Waals surface area contributed by atoms with Crippen molar-refractivity contribution in [2.24, 2.45) is 0 Å². The van der Waals surface area contributed by atoms with Gasteiger partial charge in [-0.15, -0.1) is 0 Å². The van der Waals surface area contributed by atoms with Crippen LogP contribution >= 0.6 is 0 Å². The van der Waals surface area contributed by atoms with E-state index in [1.807, 2.05) is 19.9 Å². The zero-order chi connectivity index (χ0) is 12.6. The fourth-order valence-electron chi connectivity index (χ4n) is 1.74. The van der Waals surface area contributed by atoms with Crippen LogP contribution in [-0.2, 0) is 6.18 Å². The van der Waals surface area contributed by atoms with Crippen molar-refractivity contribution < 1.29 is 13.2 Å². The summed E-state index contributed by atoms with van der Waals surface area (Å²) in [6.07, 6.45) is -1.23. The average molecular weight is 238 g/mol. The van der Waals surface area contributed by atoms with E-state index in [0.717, 1.165) is 23.4 Å². The van der Waals surface area contributed by atoms with Gasteiger partial charge in [0.05, 0.1) is 11.8 Å². The molecule has 0 aliphatic rings. The van der Waals surface area contributed by atoms with Gasteiger partial charge in [-0.3, -0.25) is 0 Å². The van der Waals surface area contributed by atoms with Gasteiger partial charge in [0.2, 0.25) is 0 Å². The maximum Gasteiger partial charge on any atom is 0.416 e. The van der Waals surface area contributed by atoms with Crippen LogP contribution in [0.15, 0.2) is 30.3 Å². The molecule has 0 bridgehead atoms. The molecule has 4 heteroatoms. The van der Waals surface area contributed by atoms with Crippen LogP contribution in [-0.4, -0.2) is 4.57 Å². The quantitative estimate of drug-likeness (QED) is 0.709. The second-order valence-electron chi connectivity index (χ2n) is 3.96. The molecule has 1 aromatic heterocycles. The number of rotatable bonds is 1. The van der Waals surface area contributed by atoms with Crippen molar-refractivity contribution in [2.75, 3.05) is 0 Å². The number of halogens is 3. The van der Waals surface area contributed by atoms with E-state index >= 15 is 0 Å².